The number of nitrogens with zero attached hydrogens (tertiary/aromatic N) is 3. The monoisotopic (exact) mass is 353 g/mol. The highest BCUT2D eigenvalue weighted by atomic mass is 32.1. The van der Waals surface area contributed by atoms with Crippen LogP contribution in [0.2, 0.25) is 0 Å². The first-order valence-corrected chi connectivity index (χ1v) is 8.63. The lowest BCUT2D eigenvalue weighted by Crippen LogP contribution is -2.19. The van der Waals surface area contributed by atoms with Crippen LogP contribution in [0.5, 0.6) is 5.88 Å². The van der Waals surface area contributed by atoms with Crippen LogP contribution < -0.4 is 26.4 Å². The number of thiazole rings is 1. The smallest absolute Gasteiger partial charge is 0.310 e. The summed E-state index contributed by atoms with van der Waals surface area (Å²) < 4.78 is 7.13. The van der Waals surface area contributed by atoms with Gasteiger partial charge in [0.1, 0.15) is 5.42 Å². The van der Waals surface area contributed by atoms with Gasteiger partial charge in [0.2, 0.25) is 5.88 Å². The van der Waals surface area contributed by atoms with Gasteiger partial charge >= 0.3 is 4.87 Å². The summed E-state index contributed by atoms with van der Waals surface area (Å²) in [6.45, 7) is 3.69. The van der Waals surface area contributed by atoms with Crippen molar-refractivity contribution in [2.24, 2.45) is 9.98 Å². The molecule has 126 valence electrons. The molecule has 4 rings (SSSR count). The number of aromatic hydroxyl groups is 1. The van der Waals surface area contributed by atoms with Gasteiger partial charge in [0.15, 0.2) is 11.2 Å². The molecule has 6 nitrogen and oxygen atoms in total. The van der Waals surface area contributed by atoms with Crippen LogP contribution in [0.4, 0.5) is 0 Å². The molecule has 0 spiro atoms. The van der Waals surface area contributed by atoms with E-state index < -0.39 is 0 Å². The Morgan fingerprint density at radius 1 is 1.16 bits per heavy atom. The zero-order valence-corrected chi connectivity index (χ0v) is 14.4. The van der Waals surface area contributed by atoms with Gasteiger partial charge in [-0.05, 0) is 38.1 Å². The summed E-state index contributed by atoms with van der Waals surface area (Å²) in [5, 5.41) is 11.9. The molecule has 0 fully saturated rings. The maximum Gasteiger partial charge on any atom is 0.310 e. The molecule has 0 saturated carbocycles. The molecule has 0 unspecified atom stereocenters. The highest BCUT2D eigenvalue weighted by Gasteiger charge is 2.14. The lowest BCUT2D eigenvalue weighted by molar-refractivity contribution is 0.394. The van der Waals surface area contributed by atoms with Crippen LogP contribution in [0, 0.1) is 0 Å². The fraction of sp³-hybridized carbons (Fsp3) is 0.167. The van der Waals surface area contributed by atoms with Gasteiger partial charge in [-0.3, -0.25) is 9.36 Å². The molecular weight excluding hydrogens is 338 g/mol. The molecule has 1 N–H and O–H groups in total. The van der Waals surface area contributed by atoms with E-state index in [9.17, 15) is 9.90 Å². The highest BCUT2D eigenvalue weighted by Crippen LogP contribution is 2.23. The third kappa shape index (κ3) is 2.72. The normalized spacial score (nSPS) is 13.9. The van der Waals surface area contributed by atoms with Crippen molar-refractivity contribution in [2.75, 3.05) is 0 Å². The van der Waals surface area contributed by atoms with Crippen molar-refractivity contribution in [2.45, 2.75) is 19.9 Å². The van der Waals surface area contributed by atoms with Crippen LogP contribution in [-0.2, 0) is 0 Å². The van der Waals surface area contributed by atoms with Gasteiger partial charge in [0.05, 0.1) is 15.6 Å². The topological polar surface area (TPSA) is 80.1 Å². The molecule has 3 heterocycles. The number of para-hydroxylation sites is 2. The van der Waals surface area contributed by atoms with Gasteiger partial charge < -0.3 is 9.52 Å². The number of rotatable bonds is 2. The molecule has 2 aromatic heterocycles. The molecule has 0 bridgehead atoms. The van der Waals surface area contributed by atoms with Crippen LogP contribution in [0.25, 0.3) is 11.9 Å². The third-order valence-corrected chi connectivity index (χ3v) is 4.71. The first-order valence-electron chi connectivity index (χ1n) is 7.81. The summed E-state index contributed by atoms with van der Waals surface area (Å²) in [5.74, 6) is 0.469. The first kappa shape index (κ1) is 15.6. The minimum Gasteiger partial charge on any atom is -0.493 e. The van der Waals surface area contributed by atoms with E-state index in [-0.39, 0.29) is 16.8 Å². The fourth-order valence-electron chi connectivity index (χ4n) is 2.64. The lowest BCUT2D eigenvalue weighted by Gasteiger charge is -2.05. The van der Waals surface area contributed by atoms with E-state index in [4.69, 9.17) is 4.42 Å². The number of benzene rings is 1. The third-order valence-electron chi connectivity index (χ3n) is 3.81. The average Bonchev–Trinajstić information content (AvgIpc) is 3.25. The number of aromatic nitrogens is 1. The second kappa shape index (κ2) is 5.86. The van der Waals surface area contributed by atoms with Crippen molar-refractivity contribution in [1.29, 1.82) is 0 Å². The predicted octanol–water partition coefficient (Wildman–Crippen LogP) is 0.637. The maximum absolute atomic E-state index is 12.0. The van der Waals surface area contributed by atoms with Crippen molar-refractivity contribution in [3.63, 3.8) is 0 Å². The molecule has 0 atom stereocenters. The summed E-state index contributed by atoms with van der Waals surface area (Å²) >= 11 is 0.984. The molecule has 3 aromatic rings. The van der Waals surface area contributed by atoms with Crippen LogP contribution in [0.3, 0.4) is 0 Å². The summed E-state index contributed by atoms with van der Waals surface area (Å²) in [5.41, 5.74) is 1.06. The Labute approximate surface area is 146 Å². The minimum atomic E-state index is -0.198. The Kier molecular flexibility index (Phi) is 3.65. The largest absolute Gasteiger partial charge is 0.493 e. The van der Waals surface area contributed by atoms with E-state index in [0.717, 1.165) is 22.1 Å². The van der Waals surface area contributed by atoms with Crippen LogP contribution in [-0.4, -0.2) is 9.67 Å². The number of fused-ring (bicyclic) bond motifs is 1. The second-order valence-electron chi connectivity index (χ2n) is 5.90. The molecule has 1 aliphatic rings. The summed E-state index contributed by atoms with van der Waals surface area (Å²) in [6, 6.07) is 11.0. The summed E-state index contributed by atoms with van der Waals surface area (Å²) in [4.78, 5) is 21.1. The Hall–Kier alpha value is -2.93. The van der Waals surface area contributed by atoms with E-state index >= 15 is 0 Å². The van der Waals surface area contributed by atoms with E-state index in [1.54, 1.807) is 18.2 Å². The molecular formula is C18H15N3O3S. The Morgan fingerprint density at radius 2 is 1.84 bits per heavy atom. The SMILES string of the molecule is CC(C)n1c(O)c(C=c2ccc(=C3N=c4ccccc4=N3)o2)sc1=O. The average molecular weight is 353 g/mol. The molecule has 7 heteroatoms. The quantitative estimate of drug-likeness (QED) is 0.734. The number of hydrogen-bond donors (Lipinski definition) is 1. The van der Waals surface area contributed by atoms with Crippen molar-refractivity contribution in [3.8, 4) is 5.88 Å². The van der Waals surface area contributed by atoms with Gasteiger partial charge in [-0.25, -0.2) is 9.98 Å². The molecule has 0 amide bonds. The number of hydrogen-bond acceptors (Lipinski definition) is 6. The summed E-state index contributed by atoms with van der Waals surface area (Å²) in [6.07, 6.45) is 1.65. The molecule has 25 heavy (non-hydrogen) atoms. The van der Waals surface area contributed by atoms with Crippen molar-refractivity contribution < 1.29 is 9.52 Å². The van der Waals surface area contributed by atoms with Gasteiger partial charge in [-0.2, -0.15) is 0 Å². The Balaban J connectivity index is 1.83. The van der Waals surface area contributed by atoms with E-state index in [1.807, 2.05) is 38.1 Å². The van der Waals surface area contributed by atoms with Crippen molar-refractivity contribution >= 4 is 23.2 Å². The molecule has 0 aliphatic carbocycles. The molecule has 0 saturated heterocycles. The zero-order chi connectivity index (χ0) is 17.6. The van der Waals surface area contributed by atoms with Crippen LogP contribution in [0.15, 0.2) is 55.6 Å². The molecule has 1 aromatic carbocycles. The maximum atomic E-state index is 12.0. The molecule has 1 aliphatic heterocycles. The lowest BCUT2D eigenvalue weighted by atomic mass is 10.3. The van der Waals surface area contributed by atoms with Crippen molar-refractivity contribution in [3.05, 3.63) is 72.5 Å². The van der Waals surface area contributed by atoms with E-state index in [0.29, 0.717) is 21.5 Å². The highest BCUT2D eigenvalue weighted by molar-refractivity contribution is 7.10. The van der Waals surface area contributed by atoms with Gasteiger partial charge in [-0.1, -0.05) is 23.5 Å². The van der Waals surface area contributed by atoms with Crippen molar-refractivity contribution in [1.82, 2.24) is 4.57 Å². The first-order chi connectivity index (χ1) is 12.0. The van der Waals surface area contributed by atoms with E-state index in [2.05, 4.69) is 9.98 Å². The van der Waals surface area contributed by atoms with Gasteiger partial charge in [0, 0.05) is 12.1 Å². The van der Waals surface area contributed by atoms with Crippen LogP contribution in [0.1, 0.15) is 24.8 Å². The van der Waals surface area contributed by atoms with Crippen LogP contribution >= 0.6 is 11.3 Å². The standard InChI is InChI=1S/C18H15N3O3S/c1-10(2)21-17(22)15(25-18(21)23)9-11-7-8-14(24-11)16-19-12-5-3-4-6-13(12)20-16/h3-10,22H,1-2H3. The second-order valence-corrected chi connectivity index (χ2v) is 6.90. The zero-order valence-electron chi connectivity index (χ0n) is 13.6. The fourth-order valence-corrected chi connectivity index (χ4v) is 3.59. The summed E-state index contributed by atoms with van der Waals surface area (Å²) in [7, 11) is 0. The Morgan fingerprint density at radius 3 is 2.44 bits per heavy atom. The Bertz CT molecular complexity index is 1220. The molecule has 0 radical (unpaired) electrons. The minimum absolute atomic E-state index is 0.0433. The number of furan rings is 1. The van der Waals surface area contributed by atoms with Gasteiger partial charge in [0.25, 0.3) is 0 Å². The predicted molar refractivity (Wildman–Crippen MR) is 94.3 cm³/mol. The van der Waals surface area contributed by atoms with E-state index in [1.165, 1.54) is 4.57 Å². The van der Waals surface area contributed by atoms with Gasteiger partial charge in [-0.15, -0.1) is 0 Å².